The number of allylic oxidation sites excluding steroid dienone is 2. The van der Waals surface area contributed by atoms with E-state index in [0.717, 1.165) is 42.9 Å². The first-order chi connectivity index (χ1) is 13.0. The second kappa shape index (κ2) is 7.14. The average Bonchev–Trinajstić information content (AvgIpc) is 3.14. The highest BCUT2D eigenvalue weighted by atomic mass is 16.4. The molecule has 0 aliphatic heterocycles. The molecule has 4 aliphatic carbocycles. The van der Waals surface area contributed by atoms with Crippen LogP contribution in [0.5, 0.6) is 0 Å². The first-order valence-corrected chi connectivity index (χ1v) is 11.0. The van der Waals surface area contributed by atoms with Gasteiger partial charge in [-0.2, -0.15) is 0 Å². The minimum atomic E-state index is -1.21. The SMILES string of the molecule is CCC(NC(N)=O)(C(=O)O)C1CCC2C(CCC3C4=CCCC4CCC32)C1. The molecular formula is C22H34N2O3. The molecule has 3 saturated carbocycles. The van der Waals surface area contributed by atoms with E-state index in [9.17, 15) is 14.7 Å². The average molecular weight is 375 g/mol. The van der Waals surface area contributed by atoms with Crippen molar-refractivity contribution in [1.82, 2.24) is 5.32 Å². The van der Waals surface area contributed by atoms with Crippen molar-refractivity contribution < 1.29 is 14.7 Å². The maximum absolute atomic E-state index is 12.1. The predicted molar refractivity (Wildman–Crippen MR) is 104 cm³/mol. The van der Waals surface area contributed by atoms with Gasteiger partial charge in [-0.1, -0.05) is 18.6 Å². The molecular weight excluding hydrogens is 340 g/mol. The molecule has 4 aliphatic rings. The highest BCUT2D eigenvalue weighted by Crippen LogP contribution is 2.57. The van der Waals surface area contributed by atoms with Crippen LogP contribution in [-0.4, -0.2) is 22.6 Å². The molecule has 0 aromatic carbocycles. The van der Waals surface area contributed by atoms with Crippen LogP contribution in [0.4, 0.5) is 4.79 Å². The van der Waals surface area contributed by atoms with Crippen LogP contribution in [0.15, 0.2) is 11.6 Å². The molecule has 0 radical (unpaired) electrons. The second-order valence-corrected chi connectivity index (χ2v) is 9.46. The third-order valence-electron chi connectivity index (χ3n) is 8.58. The largest absolute Gasteiger partial charge is 0.479 e. The molecule has 150 valence electrons. The summed E-state index contributed by atoms with van der Waals surface area (Å²) in [7, 11) is 0. The molecule has 3 fully saturated rings. The molecule has 4 N–H and O–H groups in total. The van der Waals surface area contributed by atoms with Crippen LogP contribution in [-0.2, 0) is 4.79 Å². The molecule has 0 heterocycles. The minimum absolute atomic E-state index is 0.0210. The zero-order chi connectivity index (χ0) is 19.2. The normalized spacial score (nSPS) is 40.0. The summed E-state index contributed by atoms with van der Waals surface area (Å²) in [6, 6.07) is -0.725. The molecule has 0 bridgehead atoms. The van der Waals surface area contributed by atoms with Crippen molar-refractivity contribution in [2.75, 3.05) is 0 Å². The first kappa shape index (κ1) is 18.8. The van der Waals surface area contributed by atoms with E-state index in [4.69, 9.17) is 5.73 Å². The molecule has 5 nitrogen and oxygen atoms in total. The van der Waals surface area contributed by atoms with E-state index in [0.29, 0.717) is 12.3 Å². The standard InChI is InChI=1S/C22H34N2O3/c1-2-22(20(25)26,24-21(23)27)15-8-11-17-14(12-15)7-10-18-16-5-3-4-13(16)6-9-19(17)18/h5,13-15,17-19H,2-4,6-12H2,1H3,(H,25,26)(H3,23,24,27). The Kier molecular flexibility index (Phi) is 4.98. The lowest BCUT2D eigenvalue weighted by molar-refractivity contribution is -0.149. The van der Waals surface area contributed by atoms with Crippen molar-refractivity contribution in [3.8, 4) is 0 Å². The van der Waals surface area contributed by atoms with E-state index in [1.54, 1.807) is 5.57 Å². The molecule has 0 aromatic heterocycles. The van der Waals surface area contributed by atoms with Gasteiger partial charge in [0.25, 0.3) is 0 Å². The number of urea groups is 1. The van der Waals surface area contributed by atoms with Gasteiger partial charge in [0.15, 0.2) is 0 Å². The molecule has 0 saturated heterocycles. The number of hydrogen-bond acceptors (Lipinski definition) is 2. The highest BCUT2D eigenvalue weighted by molar-refractivity contribution is 5.86. The maximum atomic E-state index is 12.1. The van der Waals surface area contributed by atoms with E-state index in [2.05, 4.69) is 11.4 Å². The Balaban J connectivity index is 1.51. The van der Waals surface area contributed by atoms with Gasteiger partial charge in [0, 0.05) is 0 Å². The lowest BCUT2D eigenvalue weighted by Crippen LogP contribution is -2.61. The summed E-state index contributed by atoms with van der Waals surface area (Å²) >= 11 is 0. The van der Waals surface area contributed by atoms with Crippen LogP contribution in [0.2, 0.25) is 0 Å². The number of carboxylic acid groups (broad SMARTS) is 1. The quantitative estimate of drug-likeness (QED) is 0.647. The number of carbonyl (C=O) groups excluding carboxylic acids is 1. The molecule has 4 rings (SSSR count). The number of hydrogen-bond donors (Lipinski definition) is 3. The molecule has 0 aromatic rings. The van der Waals surface area contributed by atoms with Gasteiger partial charge in [-0.3, -0.25) is 0 Å². The number of carbonyl (C=O) groups is 2. The third-order valence-corrected chi connectivity index (χ3v) is 8.58. The van der Waals surface area contributed by atoms with E-state index in [1.165, 1.54) is 38.5 Å². The summed E-state index contributed by atoms with van der Waals surface area (Å²) in [5.74, 6) is 2.84. The summed E-state index contributed by atoms with van der Waals surface area (Å²) in [6.45, 7) is 1.85. The van der Waals surface area contributed by atoms with E-state index in [-0.39, 0.29) is 5.92 Å². The fraction of sp³-hybridized carbons (Fsp3) is 0.818. The van der Waals surface area contributed by atoms with Gasteiger partial charge < -0.3 is 16.2 Å². The number of rotatable bonds is 4. The summed E-state index contributed by atoms with van der Waals surface area (Å²) < 4.78 is 0. The van der Waals surface area contributed by atoms with Crippen molar-refractivity contribution in [2.45, 2.75) is 76.7 Å². The lowest BCUT2D eigenvalue weighted by atomic mass is 9.53. The zero-order valence-electron chi connectivity index (χ0n) is 16.5. The number of nitrogens with one attached hydrogen (secondary N) is 1. The summed E-state index contributed by atoms with van der Waals surface area (Å²) in [5.41, 5.74) is 5.91. The summed E-state index contributed by atoms with van der Waals surface area (Å²) in [6.07, 6.45) is 13.7. The van der Waals surface area contributed by atoms with Crippen molar-refractivity contribution >= 4 is 12.0 Å². The Bertz CT molecular complexity index is 645. The highest BCUT2D eigenvalue weighted by Gasteiger charge is 2.52. The van der Waals surface area contributed by atoms with E-state index < -0.39 is 17.5 Å². The zero-order valence-corrected chi connectivity index (χ0v) is 16.5. The smallest absolute Gasteiger partial charge is 0.329 e. The molecule has 7 atom stereocenters. The lowest BCUT2D eigenvalue weighted by Gasteiger charge is -2.53. The van der Waals surface area contributed by atoms with Crippen molar-refractivity contribution in [1.29, 1.82) is 0 Å². The van der Waals surface area contributed by atoms with Crippen LogP contribution >= 0.6 is 0 Å². The van der Waals surface area contributed by atoms with Crippen molar-refractivity contribution in [2.24, 2.45) is 41.2 Å². The summed E-state index contributed by atoms with van der Waals surface area (Å²) in [5, 5.41) is 12.6. The fourth-order valence-corrected chi connectivity index (χ4v) is 7.39. The second-order valence-electron chi connectivity index (χ2n) is 9.46. The Labute approximate surface area is 162 Å². The number of primary amides is 1. The van der Waals surface area contributed by atoms with Crippen molar-refractivity contribution in [3.63, 3.8) is 0 Å². The van der Waals surface area contributed by atoms with Crippen LogP contribution in [0, 0.1) is 35.5 Å². The van der Waals surface area contributed by atoms with Gasteiger partial charge in [0.2, 0.25) is 0 Å². The molecule has 5 heteroatoms. The molecule has 2 amide bonds. The van der Waals surface area contributed by atoms with Gasteiger partial charge in [-0.05, 0) is 99.7 Å². The topological polar surface area (TPSA) is 92.4 Å². The Morgan fingerprint density at radius 1 is 1.15 bits per heavy atom. The van der Waals surface area contributed by atoms with Crippen LogP contribution in [0.1, 0.15) is 71.1 Å². The third kappa shape index (κ3) is 3.07. The van der Waals surface area contributed by atoms with Crippen LogP contribution in [0.25, 0.3) is 0 Å². The fourth-order valence-electron chi connectivity index (χ4n) is 7.39. The van der Waals surface area contributed by atoms with E-state index >= 15 is 0 Å². The maximum Gasteiger partial charge on any atom is 0.329 e. The monoisotopic (exact) mass is 374 g/mol. The van der Waals surface area contributed by atoms with Crippen LogP contribution in [0.3, 0.4) is 0 Å². The molecule has 27 heavy (non-hydrogen) atoms. The van der Waals surface area contributed by atoms with Gasteiger partial charge >= 0.3 is 12.0 Å². The van der Waals surface area contributed by atoms with E-state index in [1.807, 2.05) is 6.92 Å². The molecule has 7 unspecified atom stereocenters. The number of fused-ring (bicyclic) bond motifs is 5. The Morgan fingerprint density at radius 2 is 1.93 bits per heavy atom. The van der Waals surface area contributed by atoms with Gasteiger partial charge in [-0.25, -0.2) is 9.59 Å². The Hall–Kier alpha value is -1.52. The number of nitrogens with two attached hydrogens (primary N) is 1. The van der Waals surface area contributed by atoms with Gasteiger partial charge in [-0.15, -0.1) is 0 Å². The van der Waals surface area contributed by atoms with Crippen LogP contribution < -0.4 is 11.1 Å². The minimum Gasteiger partial charge on any atom is -0.479 e. The first-order valence-electron chi connectivity index (χ1n) is 11.0. The molecule has 0 spiro atoms. The number of amides is 2. The Morgan fingerprint density at radius 3 is 2.63 bits per heavy atom. The number of carboxylic acids is 1. The number of aliphatic carboxylic acids is 1. The van der Waals surface area contributed by atoms with Gasteiger partial charge in [0.1, 0.15) is 5.54 Å². The van der Waals surface area contributed by atoms with Crippen molar-refractivity contribution in [3.05, 3.63) is 11.6 Å². The summed E-state index contributed by atoms with van der Waals surface area (Å²) in [4.78, 5) is 23.7. The predicted octanol–water partition coefficient (Wildman–Crippen LogP) is 4.08. The van der Waals surface area contributed by atoms with Gasteiger partial charge in [0.05, 0.1) is 0 Å².